The van der Waals surface area contributed by atoms with Gasteiger partial charge in [0.05, 0.1) is 6.10 Å². The lowest BCUT2D eigenvalue weighted by Gasteiger charge is -2.22. The molecule has 0 aliphatic carbocycles. The Balaban J connectivity index is 2.27. The number of benzene rings is 1. The molecule has 1 amide bonds. The molecule has 0 radical (unpaired) electrons. The van der Waals surface area contributed by atoms with Crippen LogP contribution in [0.1, 0.15) is 31.4 Å². The second-order valence-electron chi connectivity index (χ2n) is 4.76. The van der Waals surface area contributed by atoms with Crippen LogP contribution in [0.15, 0.2) is 43.0 Å². The maximum Gasteiger partial charge on any atom is 0.243 e. The van der Waals surface area contributed by atoms with Crippen LogP contribution in [-0.4, -0.2) is 25.1 Å². The van der Waals surface area contributed by atoms with E-state index in [1.807, 2.05) is 37.3 Å². The fourth-order valence-corrected chi connectivity index (χ4v) is 1.92. The number of amides is 1. The summed E-state index contributed by atoms with van der Waals surface area (Å²) in [5, 5.41) is 2.74. The Morgan fingerprint density at radius 2 is 2.10 bits per heavy atom. The van der Waals surface area contributed by atoms with Gasteiger partial charge in [-0.2, -0.15) is 0 Å². The van der Waals surface area contributed by atoms with Crippen molar-refractivity contribution in [3.8, 4) is 0 Å². The molecule has 1 aromatic rings. The molecule has 0 aliphatic rings. The average Bonchev–Trinajstić information content (AvgIpc) is 2.46. The van der Waals surface area contributed by atoms with Crippen LogP contribution in [0.2, 0.25) is 0 Å². The monoisotopic (exact) mass is 276 g/mol. The third-order valence-corrected chi connectivity index (χ3v) is 2.96. The van der Waals surface area contributed by atoms with Crippen molar-refractivity contribution in [3.05, 3.63) is 48.6 Å². The summed E-state index contributed by atoms with van der Waals surface area (Å²) in [5.74, 6) is -0.135. The van der Waals surface area contributed by atoms with Crippen molar-refractivity contribution < 1.29 is 9.53 Å². The van der Waals surface area contributed by atoms with Gasteiger partial charge in [0.1, 0.15) is 0 Å². The van der Waals surface area contributed by atoms with Gasteiger partial charge in [-0.05, 0) is 31.4 Å². The van der Waals surface area contributed by atoms with E-state index in [4.69, 9.17) is 10.5 Å². The standard InChI is InChI=1S/C16H24N2O2/c1-3-15(19)18-11-7-8-12-20-16(13(2)17)14-9-5-4-6-10-14/h3-6,9-10,13,16H,1,7-8,11-12,17H2,2H3,(H,18,19). The molecule has 0 saturated heterocycles. The summed E-state index contributed by atoms with van der Waals surface area (Å²) in [6.07, 6.45) is 2.95. The molecule has 0 spiro atoms. The predicted octanol–water partition coefficient (Wildman–Crippen LogP) is 2.17. The number of nitrogens with one attached hydrogen (secondary N) is 1. The molecule has 3 N–H and O–H groups in total. The van der Waals surface area contributed by atoms with E-state index in [2.05, 4.69) is 11.9 Å². The van der Waals surface area contributed by atoms with Crippen LogP contribution in [0.5, 0.6) is 0 Å². The molecular weight excluding hydrogens is 252 g/mol. The first-order chi connectivity index (χ1) is 9.65. The van der Waals surface area contributed by atoms with E-state index in [1.54, 1.807) is 0 Å². The molecule has 0 heterocycles. The summed E-state index contributed by atoms with van der Waals surface area (Å²) < 4.78 is 5.87. The van der Waals surface area contributed by atoms with Crippen LogP contribution in [0.4, 0.5) is 0 Å². The Bertz CT molecular complexity index is 404. The summed E-state index contributed by atoms with van der Waals surface area (Å²) in [5.41, 5.74) is 7.07. The Morgan fingerprint density at radius 3 is 2.70 bits per heavy atom. The lowest BCUT2D eigenvalue weighted by Crippen LogP contribution is -2.27. The fourth-order valence-electron chi connectivity index (χ4n) is 1.92. The van der Waals surface area contributed by atoms with Crippen LogP contribution in [-0.2, 0) is 9.53 Å². The van der Waals surface area contributed by atoms with Crippen molar-refractivity contribution in [3.63, 3.8) is 0 Å². The van der Waals surface area contributed by atoms with E-state index in [1.165, 1.54) is 6.08 Å². The molecule has 0 saturated carbocycles. The molecule has 1 rings (SSSR count). The summed E-state index contributed by atoms with van der Waals surface area (Å²) >= 11 is 0. The molecule has 20 heavy (non-hydrogen) atoms. The van der Waals surface area contributed by atoms with Gasteiger partial charge in [0, 0.05) is 19.2 Å². The first kappa shape index (κ1) is 16.4. The van der Waals surface area contributed by atoms with Gasteiger partial charge in [0.15, 0.2) is 0 Å². The van der Waals surface area contributed by atoms with Crippen molar-refractivity contribution in [1.29, 1.82) is 0 Å². The molecule has 1 aromatic carbocycles. The third-order valence-electron chi connectivity index (χ3n) is 2.96. The number of unbranched alkanes of at least 4 members (excludes halogenated alkanes) is 1. The van der Waals surface area contributed by atoms with E-state index < -0.39 is 0 Å². The van der Waals surface area contributed by atoms with E-state index >= 15 is 0 Å². The molecule has 4 heteroatoms. The first-order valence-electron chi connectivity index (χ1n) is 6.97. The number of rotatable bonds is 9. The Kier molecular flexibility index (Phi) is 7.62. The zero-order chi connectivity index (χ0) is 14.8. The lowest BCUT2D eigenvalue weighted by molar-refractivity contribution is -0.116. The number of hydrogen-bond acceptors (Lipinski definition) is 3. The van der Waals surface area contributed by atoms with Crippen LogP contribution in [0.25, 0.3) is 0 Å². The zero-order valence-corrected chi connectivity index (χ0v) is 12.0. The highest BCUT2D eigenvalue weighted by atomic mass is 16.5. The smallest absolute Gasteiger partial charge is 0.243 e. The maximum atomic E-state index is 11.0. The van der Waals surface area contributed by atoms with E-state index in [0.717, 1.165) is 18.4 Å². The Labute approximate surface area is 121 Å². The van der Waals surface area contributed by atoms with Crippen molar-refractivity contribution in [2.75, 3.05) is 13.2 Å². The number of nitrogens with two attached hydrogens (primary N) is 1. The van der Waals surface area contributed by atoms with Gasteiger partial charge in [0.25, 0.3) is 0 Å². The largest absolute Gasteiger partial charge is 0.372 e. The first-order valence-corrected chi connectivity index (χ1v) is 6.97. The van der Waals surface area contributed by atoms with Gasteiger partial charge in [-0.25, -0.2) is 0 Å². The van der Waals surface area contributed by atoms with Crippen molar-refractivity contribution in [2.45, 2.75) is 31.9 Å². The summed E-state index contributed by atoms with van der Waals surface area (Å²) in [6, 6.07) is 9.94. The van der Waals surface area contributed by atoms with Crippen LogP contribution in [0.3, 0.4) is 0 Å². The minimum Gasteiger partial charge on any atom is -0.372 e. The van der Waals surface area contributed by atoms with Gasteiger partial charge in [0.2, 0.25) is 5.91 Å². The molecule has 2 atom stereocenters. The summed E-state index contributed by atoms with van der Waals surface area (Å²) in [6.45, 7) is 6.62. The Hall–Kier alpha value is -1.65. The molecule has 0 aromatic heterocycles. The highest BCUT2D eigenvalue weighted by Gasteiger charge is 2.15. The lowest BCUT2D eigenvalue weighted by atomic mass is 10.0. The quantitative estimate of drug-likeness (QED) is 0.536. The predicted molar refractivity (Wildman–Crippen MR) is 81.2 cm³/mol. The normalized spacial score (nSPS) is 13.5. The molecule has 4 nitrogen and oxygen atoms in total. The van der Waals surface area contributed by atoms with Gasteiger partial charge in [-0.15, -0.1) is 0 Å². The average molecular weight is 276 g/mol. The van der Waals surface area contributed by atoms with Gasteiger partial charge in [-0.3, -0.25) is 4.79 Å². The number of hydrogen-bond donors (Lipinski definition) is 2. The topological polar surface area (TPSA) is 64.3 Å². The highest BCUT2D eigenvalue weighted by Crippen LogP contribution is 2.20. The molecule has 0 fully saturated rings. The van der Waals surface area contributed by atoms with Crippen LogP contribution < -0.4 is 11.1 Å². The molecule has 0 aliphatic heterocycles. The molecular formula is C16H24N2O2. The van der Waals surface area contributed by atoms with Crippen molar-refractivity contribution in [1.82, 2.24) is 5.32 Å². The third kappa shape index (κ3) is 5.99. The fraction of sp³-hybridized carbons (Fsp3) is 0.438. The van der Waals surface area contributed by atoms with Gasteiger partial charge >= 0.3 is 0 Å². The van der Waals surface area contributed by atoms with Crippen molar-refractivity contribution >= 4 is 5.91 Å². The SMILES string of the molecule is C=CC(=O)NCCCCOC(c1ccccc1)C(C)N. The minimum atomic E-state index is -0.135. The summed E-state index contributed by atoms with van der Waals surface area (Å²) in [7, 11) is 0. The van der Waals surface area contributed by atoms with Gasteiger partial charge in [-0.1, -0.05) is 36.9 Å². The second kappa shape index (κ2) is 9.28. The van der Waals surface area contributed by atoms with Gasteiger partial charge < -0.3 is 15.8 Å². The van der Waals surface area contributed by atoms with Crippen molar-refractivity contribution in [2.24, 2.45) is 5.73 Å². The summed E-state index contributed by atoms with van der Waals surface area (Å²) in [4.78, 5) is 11.0. The Morgan fingerprint density at radius 1 is 1.40 bits per heavy atom. The van der Waals surface area contributed by atoms with E-state index in [0.29, 0.717) is 13.2 Å². The van der Waals surface area contributed by atoms with E-state index in [9.17, 15) is 4.79 Å². The number of carbonyl (C=O) groups excluding carboxylic acids is 1. The molecule has 0 bridgehead atoms. The van der Waals surface area contributed by atoms with Crippen LogP contribution in [0, 0.1) is 0 Å². The maximum absolute atomic E-state index is 11.0. The molecule has 110 valence electrons. The van der Waals surface area contributed by atoms with E-state index in [-0.39, 0.29) is 18.1 Å². The molecule has 2 unspecified atom stereocenters. The second-order valence-corrected chi connectivity index (χ2v) is 4.76. The van der Waals surface area contributed by atoms with Crippen LogP contribution >= 0.6 is 0 Å². The zero-order valence-electron chi connectivity index (χ0n) is 12.0. The number of carbonyl (C=O) groups is 1. The number of ether oxygens (including phenoxy) is 1. The highest BCUT2D eigenvalue weighted by molar-refractivity contribution is 5.86. The minimum absolute atomic E-state index is 0.0575.